The van der Waals surface area contributed by atoms with E-state index in [2.05, 4.69) is 14.8 Å². The Morgan fingerprint density at radius 3 is 2.19 bits per heavy atom. The first-order chi connectivity index (χ1) is 14.7. The van der Waals surface area contributed by atoms with Crippen molar-refractivity contribution in [1.29, 1.82) is 0 Å². The molecule has 0 saturated carbocycles. The van der Waals surface area contributed by atoms with Crippen molar-refractivity contribution in [3.05, 3.63) is 90.0 Å². The molecule has 0 spiro atoms. The predicted molar refractivity (Wildman–Crippen MR) is 108 cm³/mol. The van der Waals surface area contributed by atoms with Gasteiger partial charge in [-0.05, 0) is 29.8 Å². The van der Waals surface area contributed by atoms with Crippen molar-refractivity contribution in [3.8, 4) is 5.75 Å². The molecule has 6 nitrogen and oxygen atoms in total. The largest absolute Gasteiger partial charge is 0.573 e. The maximum Gasteiger partial charge on any atom is 0.573 e. The Morgan fingerprint density at radius 2 is 1.48 bits per heavy atom. The summed E-state index contributed by atoms with van der Waals surface area (Å²) in [5, 5.41) is 2.68. The lowest BCUT2D eigenvalue weighted by atomic mass is 10.1. The first-order valence-corrected chi connectivity index (χ1v) is 10.4. The fraction of sp³-hybridized carbons (Fsp3) is 0.0952. The summed E-state index contributed by atoms with van der Waals surface area (Å²) in [6.45, 7) is 0.211. The van der Waals surface area contributed by atoms with E-state index in [0.717, 1.165) is 17.7 Å². The highest BCUT2D eigenvalue weighted by Gasteiger charge is 2.34. The molecule has 3 rings (SSSR count). The Hall–Kier alpha value is -3.53. The highest BCUT2D eigenvalue weighted by molar-refractivity contribution is 7.92. The molecule has 0 aliphatic rings. The molecule has 2 N–H and O–H groups in total. The number of nitrogens with one attached hydrogen (secondary N) is 2. The average Bonchev–Trinajstić information content (AvgIpc) is 2.72. The van der Waals surface area contributed by atoms with E-state index in [0.29, 0.717) is 0 Å². The minimum absolute atomic E-state index is 0.0104. The summed E-state index contributed by atoms with van der Waals surface area (Å²) in [4.78, 5) is 11.9. The van der Waals surface area contributed by atoms with E-state index in [-0.39, 0.29) is 17.8 Å². The van der Waals surface area contributed by atoms with Crippen molar-refractivity contribution >= 4 is 21.6 Å². The molecule has 0 bridgehead atoms. The second kappa shape index (κ2) is 9.09. The third-order valence-corrected chi connectivity index (χ3v) is 5.48. The van der Waals surface area contributed by atoms with Crippen molar-refractivity contribution in [2.45, 2.75) is 17.8 Å². The van der Waals surface area contributed by atoms with Crippen LogP contribution in [0.5, 0.6) is 5.75 Å². The van der Waals surface area contributed by atoms with Gasteiger partial charge in [0.15, 0.2) is 0 Å². The summed E-state index contributed by atoms with van der Waals surface area (Å²) in [5.41, 5.74) is 0.762. The summed E-state index contributed by atoms with van der Waals surface area (Å²) in [6.07, 6.45) is -5.07. The number of ether oxygens (including phenoxy) is 1. The van der Waals surface area contributed by atoms with Gasteiger partial charge in [-0.25, -0.2) is 8.42 Å². The van der Waals surface area contributed by atoms with Crippen molar-refractivity contribution in [1.82, 2.24) is 5.32 Å². The zero-order valence-corrected chi connectivity index (χ0v) is 16.7. The number of alkyl halides is 3. The van der Waals surface area contributed by atoms with E-state index in [1.165, 1.54) is 36.4 Å². The standard InChI is InChI=1S/C21H17F3N2O4S/c22-21(23,24)30-18-12-6-7-13-19(18)31(28,29)26-17-11-5-4-10-16(17)20(27)25-14-15-8-2-1-3-9-15/h1-13,26H,14H2,(H,25,27). The highest BCUT2D eigenvalue weighted by Crippen LogP contribution is 2.31. The number of halogens is 3. The van der Waals surface area contributed by atoms with Gasteiger partial charge < -0.3 is 10.1 Å². The summed E-state index contributed by atoms with van der Waals surface area (Å²) in [7, 11) is -4.49. The van der Waals surface area contributed by atoms with Gasteiger partial charge in [-0.3, -0.25) is 9.52 Å². The van der Waals surface area contributed by atoms with Crippen LogP contribution in [0.3, 0.4) is 0 Å². The number of para-hydroxylation sites is 2. The molecule has 10 heteroatoms. The van der Waals surface area contributed by atoms with Crippen molar-refractivity contribution in [2.75, 3.05) is 4.72 Å². The number of hydrogen-bond donors (Lipinski definition) is 2. The minimum atomic E-state index is -5.07. The molecule has 0 aliphatic carbocycles. The predicted octanol–water partition coefficient (Wildman–Crippen LogP) is 4.32. The smallest absolute Gasteiger partial charge is 0.404 e. The number of anilines is 1. The van der Waals surface area contributed by atoms with Crippen LogP contribution >= 0.6 is 0 Å². The molecule has 1 amide bonds. The summed E-state index contributed by atoms with van der Waals surface area (Å²) >= 11 is 0. The van der Waals surface area contributed by atoms with Crippen LogP contribution in [0.1, 0.15) is 15.9 Å². The molecule has 3 aromatic rings. The molecule has 0 aliphatic heterocycles. The number of benzene rings is 3. The Kier molecular flexibility index (Phi) is 6.50. The summed E-state index contributed by atoms with van der Waals surface area (Å²) in [5.74, 6) is -1.43. The second-order valence-electron chi connectivity index (χ2n) is 6.31. The first kappa shape index (κ1) is 22.2. The molecule has 3 aromatic carbocycles. The lowest BCUT2D eigenvalue weighted by Crippen LogP contribution is -2.25. The van der Waals surface area contributed by atoms with Gasteiger partial charge in [-0.15, -0.1) is 13.2 Å². The molecule has 0 unspecified atom stereocenters. The van der Waals surface area contributed by atoms with E-state index in [4.69, 9.17) is 0 Å². The SMILES string of the molecule is O=C(NCc1ccccc1)c1ccccc1NS(=O)(=O)c1ccccc1OC(F)(F)F. The molecule has 0 saturated heterocycles. The number of rotatable bonds is 7. The van der Waals surface area contributed by atoms with Gasteiger partial charge in [0.1, 0.15) is 10.6 Å². The van der Waals surface area contributed by atoms with Crippen molar-refractivity contribution in [2.24, 2.45) is 0 Å². The van der Waals surface area contributed by atoms with E-state index in [1.807, 2.05) is 30.3 Å². The molecule has 162 valence electrons. The number of sulfonamides is 1. The Morgan fingerprint density at radius 1 is 0.871 bits per heavy atom. The second-order valence-corrected chi connectivity index (χ2v) is 7.96. The minimum Gasteiger partial charge on any atom is -0.404 e. The van der Waals surface area contributed by atoms with Crippen LogP contribution in [0.4, 0.5) is 18.9 Å². The maximum absolute atomic E-state index is 12.8. The Labute approximate surface area is 176 Å². The van der Waals surface area contributed by atoms with Gasteiger partial charge in [-0.2, -0.15) is 0 Å². The fourth-order valence-corrected chi connectivity index (χ4v) is 3.93. The van der Waals surface area contributed by atoms with Gasteiger partial charge in [0.2, 0.25) is 0 Å². The Bertz CT molecular complexity index is 1170. The Balaban J connectivity index is 1.84. The molecule has 0 fully saturated rings. The van der Waals surface area contributed by atoms with Crippen LogP contribution in [0.2, 0.25) is 0 Å². The fourth-order valence-electron chi connectivity index (χ4n) is 2.72. The zero-order chi connectivity index (χ0) is 22.5. The third kappa shape index (κ3) is 5.98. The number of hydrogen-bond acceptors (Lipinski definition) is 4. The van der Waals surface area contributed by atoms with Crippen molar-refractivity contribution < 1.29 is 31.1 Å². The van der Waals surface area contributed by atoms with Crippen LogP contribution in [0.15, 0.2) is 83.8 Å². The molecular weight excluding hydrogens is 433 g/mol. The lowest BCUT2D eigenvalue weighted by molar-refractivity contribution is -0.275. The molecule has 31 heavy (non-hydrogen) atoms. The van der Waals surface area contributed by atoms with E-state index in [1.54, 1.807) is 0 Å². The highest BCUT2D eigenvalue weighted by atomic mass is 32.2. The number of amides is 1. The normalized spacial score (nSPS) is 11.6. The van der Waals surface area contributed by atoms with Crippen LogP contribution in [0.25, 0.3) is 0 Å². The van der Waals surface area contributed by atoms with Crippen LogP contribution < -0.4 is 14.8 Å². The average molecular weight is 450 g/mol. The topological polar surface area (TPSA) is 84.5 Å². The van der Waals surface area contributed by atoms with Gasteiger partial charge >= 0.3 is 6.36 Å². The molecule has 0 heterocycles. The van der Waals surface area contributed by atoms with E-state index >= 15 is 0 Å². The quantitative estimate of drug-likeness (QED) is 0.562. The van der Waals surface area contributed by atoms with Gasteiger partial charge in [-0.1, -0.05) is 54.6 Å². The third-order valence-electron chi connectivity index (χ3n) is 4.08. The molecule has 0 radical (unpaired) electrons. The molecule has 0 aromatic heterocycles. The first-order valence-electron chi connectivity index (χ1n) is 8.94. The maximum atomic E-state index is 12.8. The van der Waals surface area contributed by atoms with Crippen LogP contribution in [-0.2, 0) is 16.6 Å². The van der Waals surface area contributed by atoms with Crippen LogP contribution in [-0.4, -0.2) is 20.7 Å². The number of carbonyl (C=O) groups is 1. The van der Waals surface area contributed by atoms with Crippen LogP contribution in [0, 0.1) is 0 Å². The van der Waals surface area contributed by atoms with E-state index in [9.17, 15) is 26.4 Å². The lowest BCUT2D eigenvalue weighted by Gasteiger charge is -2.16. The van der Waals surface area contributed by atoms with Crippen molar-refractivity contribution in [3.63, 3.8) is 0 Å². The summed E-state index contributed by atoms with van der Waals surface area (Å²) < 4.78 is 69.5. The van der Waals surface area contributed by atoms with E-state index < -0.39 is 32.9 Å². The molecular formula is C21H17F3N2O4S. The van der Waals surface area contributed by atoms with Gasteiger partial charge in [0, 0.05) is 6.54 Å². The molecule has 0 atom stereocenters. The van der Waals surface area contributed by atoms with Gasteiger partial charge in [0.05, 0.1) is 11.3 Å². The van der Waals surface area contributed by atoms with Gasteiger partial charge in [0.25, 0.3) is 15.9 Å². The summed E-state index contributed by atoms with van der Waals surface area (Å²) in [6, 6.07) is 19.2. The monoisotopic (exact) mass is 450 g/mol. The zero-order valence-electron chi connectivity index (χ0n) is 15.9. The number of carbonyl (C=O) groups excluding carboxylic acids is 1.